The third kappa shape index (κ3) is 3.62. The average Bonchev–Trinajstić information content (AvgIpc) is 3.23. The molecule has 0 bridgehead atoms. The lowest BCUT2D eigenvalue weighted by molar-refractivity contribution is 0.0647. The molecule has 1 aliphatic heterocycles. The topological polar surface area (TPSA) is 67.6 Å². The number of fused-ring (bicyclic) bond motifs is 1. The van der Waals surface area contributed by atoms with Gasteiger partial charge >= 0.3 is 0 Å². The van der Waals surface area contributed by atoms with Crippen molar-refractivity contribution in [3.63, 3.8) is 0 Å². The Bertz CT molecular complexity index is 1250. The molecule has 3 aromatic rings. The van der Waals surface area contributed by atoms with Crippen molar-refractivity contribution in [1.29, 1.82) is 0 Å². The lowest BCUT2D eigenvalue weighted by Crippen LogP contribution is -2.41. The fraction of sp³-hybridized carbons (Fsp3) is 0.348. The number of amides is 1. The number of sulfone groups is 1. The van der Waals surface area contributed by atoms with E-state index in [1.165, 1.54) is 11.0 Å². The smallest absolute Gasteiger partial charge is 0.290 e. The van der Waals surface area contributed by atoms with Crippen LogP contribution >= 0.6 is 0 Å². The van der Waals surface area contributed by atoms with Crippen molar-refractivity contribution in [2.45, 2.75) is 39.8 Å². The zero-order valence-electron chi connectivity index (χ0n) is 17.2. The molecule has 1 fully saturated rings. The highest BCUT2D eigenvalue weighted by Crippen LogP contribution is 2.32. The molecule has 1 amide bonds. The van der Waals surface area contributed by atoms with Gasteiger partial charge in [-0.1, -0.05) is 30.3 Å². The summed E-state index contributed by atoms with van der Waals surface area (Å²) in [4.78, 5) is 15.0. The van der Waals surface area contributed by atoms with Crippen LogP contribution in [0.15, 0.2) is 40.8 Å². The minimum absolute atomic E-state index is 0.0137. The maximum Gasteiger partial charge on any atom is 0.290 e. The molecule has 1 saturated heterocycles. The number of benzene rings is 2. The Balaban J connectivity index is 1.78. The summed E-state index contributed by atoms with van der Waals surface area (Å²) in [6, 6.07) is 9.62. The van der Waals surface area contributed by atoms with Gasteiger partial charge in [-0.2, -0.15) is 0 Å². The van der Waals surface area contributed by atoms with E-state index in [1.54, 1.807) is 18.2 Å². The van der Waals surface area contributed by atoms with E-state index < -0.39 is 27.6 Å². The molecule has 1 aliphatic rings. The molecule has 4 rings (SSSR count). The van der Waals surface area contributed by atoms with Gasteiger partial charge in [0.1, 0.15) is 11.4 Å². The molecule has 0 unspecified atom stereocenters. The molecular weight excluding hydrogens is 405 g/mol. The van der Waals surface area contributed by atoms with Crippen LogP contribution in [0.1, 0.15) is 39.2 Å². The van der Waals surface area contributed by atoms with E-state index in [9.17, 15) is 17.6 Å². The predicted molar refractivity (Wildman–Crippen MR) is 114 cm³/mol. The number of halogens is 1. The largest absolute Gasteiger partial charge is 0.450 e. The Labute approximate surface area is 175 Å². The van der Waals surface area contributed by atoms with Crippen molar-refractivity contribution < 1.29 is 22.0 Å². The molecule has 2 aromatic carbocycles. The molecule has 0 spiro atoms. The van der Waals surface area contributed by atoms with Crippen LogP contribution in [0.4, 0.5) is 4.39 Å². The number of rotatable bonds is 4. The summed E-state index contributed by atoms with van der Waals surface area (Å²) >= 11 is 0. The van der Waals surface area contributed by atoms with E-state index in [0.29, 0.717) is 23.1 Å². The Kier molecular flexibility index (Phi) is 5.18. The number of hydrogen-bond acceptors (Lipinski definition) is 4. The first-order valence-electron chi connectivity index (χ1n) is 9.92. The van der Waals surface area contributed by atoms with Gasteiger partial charge in [-0.05, 0) is 44.4 Å². The second-order valence-corrected chi connectivity index (χ2v) is 10.3. The van der Waals surface area contributed by atoms with E-state index in [1.807, 2.05) is 32.9 Å². The van der Waals surface area contributed by atoms with Crippen molar-refractivity contribution in [2.75, 3.05) is 11.5 Å². The number of aryl methyl sites for hydroxylation is 3. The highest BCUT2D eigenvalue weighted by molar-refractivity contribution is 7.91. The second-order valence-electron chi connectivity index (χ2n) is 8.02. The first-order valence-corrected chi connectivity index (χ1v) is 11.7. The van der Waals surface area contributed by atoms with Gasteiger partial charge in [-0.3, -0.25) is 4.79 Å². The number of nitrogens with zero attached hydrogens (tertiary/aromatic N) is 1. The molecule has 0 N–H and O–H groups in total. The molecule has 0 saturated carbocycles. The summed E-state index contributed by atoms with van der Waals surface area (Å²) in [6.45, 7) is 5.72. The zero-order chi connectivity index (χ0) is 21.6. The quantitative estimate of drug-likeness (QED) is 0.619. The first-order chi connectivity index (χ1) is 14.2. The van der Waals surface area contributed by atoms with E-state index in [0.717, 1.165) is 16.5 Å². The van der Waals surface area contributed by atoms with Crippen LogP contribution in [-0.2, 0) is 16.4 Å². The van der Waals surface area contributed by atoms with Crippen LogP contribution in [0, 0.1) is 26.6 Å². The highest BCUT2D eigenvalue weighted by atomic mass is 32.2. The van der Waals surface area contributed by atoms with Crippen LogP contribution in [0.2, 0.25) is 0 Å². The van der Waals surface area contributed by atoms with Gasteiger partial charge in [0.25, 0.3) is 5.91 Å². The highest BCUT2D eigenvalue weighted by Gasteiger charge is 2.37. The van der Waals surface area contributed by atoms with E-state index in [-0.39, 0.29) is 23.8 Å². The molecule has 0 radical (unpaired) electrons. The molecule has 5 nitrogen and oxygen atoms in total. The van der Waals surface area contributed by atoms with Crippen LogP contribution in [0.3, 0.4) is 0 Å². The third-order valence-electron chi connectivity index (χ3n) is 6.03. The van der Waals surface area contributed by atoms with Crippen molar-refractivity contribution in [1.82, 2.24) is 4.90 Å². The van der Waals surface area contributed by atoms with Crippen LogP contribution in [-0.4, -0.2) is 36.8 Å². The van der Waals surface area contributed by atoms with Crippen LogP contribution < -0.4 is 0 Å². The second kappa shape index (κ2) is 7.54. The summed E-state index contributed by atoms with van der Waals surface area (Å²) in [5, 5.41) is 0.853. The van der Waals surface area contributed by atoms with Crippen LogP contribution in [0.25, 0.3) is 11.0 Å². The van der Waals surface area contributed by atoms with Gasteiger partial charge in [-0.25, -0.2) is 12.8 Å². The monoisotopic (exact) mass is 429 g/mol. The standard InChI is InChI=1S/C23H24FNO4S/c1-14-8-9-19-16(3)22(29-21(19)15(14)2)23(26)25(18-10-11-30(27,28)13-18)12-17-6-4-5-7-20(17)24/h4-9,18H,10-13H2,1-3H3/t18-/m1/s1. The molecule has 2 heterocycles. The van der Waals surface area contributed by atoms with Gasteiger partial charge in [0.15, 0.2) is 15.6 Å². The van der Waals surface area contributed by atoms with E-state index in [4.69, 9.17) is 4.42 Å². The molecule has 0 aliphatic carbocycles. The minimum atomic E-state index is -3.22. The predicted octanol–water partition coefficient (Wildman–Crippen LogP) is 4.33. The average molecular weight is 430 g/mol. The SMILES string of the molecule is Cc1ccc2c(C)c(C(=O)N(Cc3ccccc3F)[C@@H]3CCS(=O)(=O)C3)oc2c1C. The van der Waals surface area contributed by atoms with Crippen molar-refractivity contribution in [2.24, 2.45) is 0 Å². The van der Waals surface area contributed by atoms with Crippen molar-refractivity contribution in [3.05, 3.63) is 70.2 Å². The summed E-state index contributed by atoms with van der Waals surface area (Å²) in [6.07, 6.45) is 0.333. The Hall–Kier alpha value is -2.67. The molecule has 7 heteroatoms. The molecule has 30 heavy (non-hydrogen) atoms. The maximum atomic E-state index is 14.3. The number of furan rings is 1. The molecular formula is C23H24FNO4S. The maximum absolute atomic E-state index is 14.3. The van der Waals surface area contributed by atoms with Crippen LogP contribution in [0.5, 0.6) is 0 Å². The Morgan fingerprint density at radius 2 is 1.87 bits per heavy atom. The fourth-order valence-corrected chi connectivity index (χ4v) is 5.78. The summed E-state index contributed by atoms with van der Waals surface area (Å²) in [5.74, 6) is -0.754. The Morgan fingerprint density at radius 1 is 1.13 bits per heavy atom. The van der Waals surface area contributed by atoms with Gasteiger partial charge in [0, 0.05) is 29.1 Å². The first kappa shape index (κ1) is 20.6. The normalized spacial score (nSPS) is 18.1. The number of hydrogen-bond donors (Lipinski definition) is 0. The fourth-order valence-electron chi connectivity index (χ4n) is 4.05. The van der Waals surface area contributed by atoms with Gasteiger partial charge < -0.3 is 9.32 Å². The zero-order valence-corrected chi connectivity index (χ0v) is 18.1. The van der Waals surface area contributed by atoms with Gasteiger partial charge in [0.05, 0.1) is 11.5 Å². The van der Waals surface area contributed by atoms with Crippen molar-refractivity contribution in [3.8, 4) is 0 Å². The van der Waals surface area contributed by atoms with E-state index in [2.05, 4.69) is 0 Å². The number of carbonyl (C=O) groups is 1. The molecule has 1 aromatic heterocycles. The van der Waals surface area contributed by atoms with Crippen molar-refractivity contribution >= 4 is 26.7 Å². The number of carbonyl (C=O) groups excluding carboxylic acids is 1. The Morgan fingerprint density at radius 3 is 2.53 bits per heavy atom. The summed E-state index contributed by atoms with van der Waals surface area (Å²) in [7, 11) is -3.22. The van der Waals surface area contributed by atoms with Gasteiger partial charge in [0.2, 0.25) is 0 Å². The van der Waals surface area contributed by atoms with Gasteiger partial charge in [-0.15, -0.1) is 0 Å². The minimum Gasteiger partial charge on any atom is -0.450 e. The summed E-state index contributed by atoms with van der Waals surface area (Å²) in [5.41, 5.74) is 3.72. The summed E-state index contributed by atoms with van der Waals surface area (Å²) < 4.78 is 44.5. The lowest BCUT2D eigenvalue weighted by atomic mass is 10.0. The molecule has 158 valence electrons. The molecule has 1 atom stereocenters. The van der Waals surface area contributed by atoms with E-state index >= 15 is 0 Å². The third-order valence-corrected chi connectivity index (χ3v) is 7.78. The lowest BCUT2D eigenvalue weighted by Gasteiger charge is -2.28.